The first-order valence-corrected chi connectivity index (χ1v) is 5.29. The lowest BCUT2D eigenvalue weighted by Crippen LogP contribution is -2.01. The van der Waals surface area contributed by atoms with Crippen molar-refractivity contribution in [3.8, 4) is 0 Å². The molecule has 0 N–H and O–H groups in total. The third kappa shape index (κ3) is 1.60. The lowest BCUT2D eigenvalue weighted by Gasteiger charge is -2.09. The van der Waals surface area contributed by atoms with Gasteiger partial charge in [0, 0.05) is 0 Å². The fourth-order valence-corrected chi connectivity index (χ4v) is 1.86. The average Bonchev–Trinajstić information content (AvgIpc) is 2.56. The van der Waals surface area contributed by atoms with Gasteiger partial charge in [-0.05, 0) is 11.8 Å². The minimum Gasteiger partial charge on any atom is -0.284 e. The van der Waals surface area contributed by atoms with Gasteiger partial charge in [0.05, 0.1) is 17.6 Å². The first kappa shape index (κ1) is 10.1. The Morgan fingerprint density at radius 1 is 1.07 bits per heavy atom. The number of hydrogen-bond acceptors (Lipinski definition) is 3. The molecule has 4 heteroatoms. The highest BCUT2D eigenvalue weighted by Crippen LogP contribution is 2.25. The molecule has 0 aliphatic carbocycles. The molecule has 0 unspecified atom stereocenters. The summed E-state index contributed by atoms with van der Waals surface area (Å²) in [5.41, 5.74) is 3.28. The summed E-state index contributed by atoms with van der Waals surface area (Å²) in [6.45, 7) is 8.68. The van der Waals surface area contributed by atoms with Crippen LogP contribution in [0.2, 0.25) is 0 Å². The van der Waals surface area contributed by atoms with E-state index in [4.69, 9.17) is 0 Å². The van der Waals surface area contributed by atoms with E-state index in [1.54, 1.807) is 12.5 Å². The van der Waals surface area contributed by atoms with Crippen molar-refractivity contribution in [3.63, 3.8) is 0 Å². The molecular formula is C11H16N4. The summed E-state index contributed by atoms with van der Waals surface area (Å²) < 4.78 is 2.03. The third-order valence-electron chi connectivity index (χ3n) is 2.50. The zero-order chi connectivity index (χ0) is 11.0. The highest BCUT2D eigenvalue weighted by molar-refractivity contribution is 5.42. The van der Waals surface area contributed by atoms with Gasteiger partial charge in [0.1, 0.15) is 6.33 Å². The minimum atomic E-state index is 0.433. The van der Waals surface area contributed by atoms with E-state index >= 15 is 0 Å². The maximum absolute atomic E-state index is 4.59. The molecule has 4 nitrogen and oxygen atoms in total. The Morgan fingerprint density at radius 2 is 1.80 bits per heavy atom. The zero-order valence-electron chi connectivity index (χ0n) is 9.60. The van der Waals surface area contributed by atoms with Crippen LogP contribution in [-0.4, -0.2) is 19.6 Å². The Morgan fingerprint density at radius 3 is 2.40 bits per heavy atom. The molecule has 0 aliphatic heterocycles. The Kier molecular flexibility index (Phi) is 2.42. The van der Waals surface area contributed by atoms with Crippen molar-refractivity contribution in [2.24, 2.45) is 0 Å². The van der Waals surface area contributed by atoms with Crippen LogP contribution in [0.25, 0.3) is 5.65 Å². The zero-order valence-corrected chi connectivity index (χ0v) is 9.60. The van der Waals surface area contributed by atoms with Gasteiger partial charge < -0.3 is 0 Å². The van der Waals surface area contributed by atoms with Crippen LogP contribution in [0.5, 0.6) is 0 Å². The van der Waals surface area contributed by atoms with Gasteiger partial charge in [-0.2, -0.15) is 5.10 Å². The van der Waals surface area contributed by atoms with E-state index in [1.165, 1.54) is 5.69 Å². The Hall–Kier alpha value is -1.45. The van der Waals surface area contributed by atoms with E-state index in [9.17, 15) is 0 Å². The number of aromatic nitrogens is 4. The molecule has 0 bridgehead atoms. The van der Waals surface area contributed by atoms with E-state index in [2.05, 4.69) is 42.9 Å². The van der Waals surface area contributed by atoms with E-state index in [0.717, 1.165) is 11.3 Å². The van der Waals surface area contributed by atoms with Gasteiger partial charge in [0.2, 0.25) is 0 Å². The van der Waals surface area contributed by atoms with Crippen LogP contribution < -0.4 is 0 Å². The highest BCUT2D eigenvalue weighted by atomic mass is 15.2. The van der Waals surface area contributed by atoms with Gasteiger partial charge in [-0.25, -0.2) is 4.98 Å². The largest absolute Gasteiger partial charge is 0.284 e. The molecule has 80 valence electrons. The summed E-state index contributed by atoms with van der Waals surface area (Å²) in [5.74, 6) is 0.879. The molecule has 0 aliphatic rings. The van der Waals surface area contributed by atoms with Gasteiger partial charge in [-0.1, -0.05) is 27.7 Å². The molecule has 15 heavy (non-hydrogen) atoms. The van der Waals surface area contributed by atoms with E-state index in [-0.39, 0.29) is 0 Å². The lowest BCUT2D eigenvalue weighted by molar-refractivity contribution is 0.739. The molecule has 0 atom stereocenters. The second-order valence-electron chi connectivity index (χ2n) is 4.40. The van der Waals surface area contributed by atoms with Gasteiger partial charge in [-0.3, -0.25) is 4.40 Å². The minimum absolute atomic E-state index is 0.433. The summed E-state index contributed by atoms with van der Waals surface area (Å²) in [6.07, 6.45) is 3.45. The van der Waals surface area contributed by atoms with Crippen LogP contribution in [0, 0.1) is 0 Å². The molecule has 0 aromatic carbocycles. The summed E-state index contributed by atoms with van der Waals surface area (Å²) in [4.78, 5) is 4.59. The van der Waals surface area contributed by atoms with Crippen molar-refractivity contribution in [2.75, 3.05) is 0 Å². The summed E-state index contributed by atoms with van der Waals surface area (Å²) in [6, 6.07) is 0. The van der Waals surface area contributed by atoms with Crippen LogP contribution in [-0.2, 0) is 0 Å². The first-order chi connectivity index (χ1) is 7.11. The Labute approximate surface area is 89.4 Å². The summed E-state index contributed by atoms with van der Waals surface area (Å²) in [7, 11) is 0. The Bertz CT molecular complexity index is 470. The topological polar surface area (TPSA) is 43.1 Å². The number of hydrogen-bond donors (Lipinski definition) is 0. The van der Waals surface area contributed by atoms with Gasteiger partial charge in [0.25, 0.3) is 0 Å². The van der Waals surface area contributed by atoms with Gasteiger partial charge in [0.15, 0.2) is 5.65 Å². The van der Waals surface area contributed by atoms with Crippen LogP contribution in [0.3, 0.4) is 0 Å². The van der Waals surface area contributed by atoms with Crippen molar-refractivity contribution in [1.29, 1.82) is 0 Å². The standard InChI is InChI=1S/C11H16N4/c1-7(2)10-11(8(3)4)15-6-13-12-5-9(15)14-10/h5-8H,1-4H3. The van der Waals surface area contributed by atoms with Crippen molar-refractivity contribution in [2.45, 2.75) is 39.5 Å². The number of fused-ring (bicyclic) bond motifs is 1. The quantitative estimate of drug-likeness (QED) is 0.754. The molecule has 0 saturated heterocycles. The third-order valence-corrected chi connectivity index (χ3v) is 2.50. The predicted octanol–water partition coefficient (Wildman–Crippen LogP) is 2.37. The maximum Gasteiger partial charge on any atom is 0.158 e. The molecule has 2 rings (SSSR count). The molecule has 0 fully saturated rings. The first-order valence-electron chi connectivity index (χ1n) is 5.29. The van der Waals surface area contributed by atoms with Crippen molar-refractivity contribution < 1.29 is 0 Å². The summed E-state index contributed by atoms with van der Waals surface area (Å²) >= 11 is 0. The molecule has 2 aromatic heterocycles. The van der Waals surface area contributed by atoms with Crippen molar-refractivity contribution in [3.05, 3.63) is 23.9 Å². The van der Waals surface area contributed by atoms with Crippen LogP contribution in [0.4, 0.5) is 0 Å². The molecule has 2 heterocycles. The predicted molar refractivity (Wildman–Crippen MR) is 59.0 cm³/mol. The smallest absolute Gasteiger partial charge is 0.158 e. The van der Waals surface area contributed by atoms with E-state index < -0.39 is 0 Å². The SMILES string of the molecule is CC(C)c1nc2cnncn2c1C(C)C. The lowest BCUT2D eigenvalue weighted by atomic mass is 10.0. The molecule has 0 saturated carbocycles. The van der Waals surface area contributed by atoms with Gasteiger partial charge >= 0.3 is 0 Å². The number of rotatable bonds is 2. The maximum atomic E-state index is 4.59. The highest BCUT2D eigenvalue weighted by Gasteiger charge is 2.17. The second-order valence-corrected chi connectivity index (χ2v) is 4.40. The monoisotopic (exact) mass is 204 g/mol. The number of nitrogens with zero attached hydrogens (tertiary/aromatic N) is 4. The van der Waals surface area contributed by atoms with Crippen molar-refractivity contribution in [1.82, 2.24) is 19.6 Å². The molecule has 0 radical (unpaired) electrons. The Balaban J connectivity index is 2.75. The van der Waals surface area contributed by atoms with Crippen LogP contribution >= 0.6 is 0 Å². The van der Waals surface area contributed by atoms with Crippen molar-refractivity contribution >= 4 is 5.65 Å². The van der Waals surface area contributed by atoms with Gasteiger partial charge in [-0.15, -0.1) is 5.10 Å². The normalized spacial score (nSPS) is 11.9. The fraction of sp³-hybridized carbons (Fsp3) is 0.545. The number of imidazole rings is 1. The fourth-order valence-electron chi connectivity index (χ4n) is 1.86. The van der Waals surface area contributed by atoms with Crippen LogP contribution in [0.1, 0.15) is 50.9 Å². The van der Waals surface area contributed by atoms with E-state index in [1.807, 2.05) is 4.40 Å². The molecule has 0 spiro atoms. The summed E-state index contributed by atoms with van der Waals surface area (Å²) in [5, 5.41) is 7.75. The van der Waals surface area contributed by atoms with Crippen LogP contribution in [0.15, 0.2) is 12.5 Å². The van der Waals surface area contributed by atoms with E-state index in [0.29, 0.717) is 11.8 Å². The second kappa shape index (κ2) is 3.61. The average molecular weight is 204 g/mol. The molecule has 0 amide bonds. The molecular weight excluding hydrogens is 188 g/mol. The molecule has 2 aromatic rings.